The average molecular weight is 760 g/mol. The molecular weight excluding hydrogens is 719 g/mol. The first kappa shape index (κ1) is 35.2. The van der Waals surface area contributed by atoms with Crippen LogP contribution in [0.3, 0.4) is 0 Å². The molecule has 0 radical (unpaired) electrons. The van der Waals surface area contributed by atoms with Crippen LogP contribution in [0.25, 0.3) is 33.4 Å². The van der Waals surface area contributed by atoms with Gasteiger partial charge in [-0.05, 0) is 62.4 Å². The maximum absolute atomic E-state index is 14.6. The van der Waals surface area contributed by atoms with Gasteiger partial charge in [-0.15, -0.1) is 0 Å². The number of nitrogens with one attached hydrogen (secondary N) is 2. The molecule has 0 saturated carbocycles. The van der Waals surface area contributed by atoms with E-state index >= 15 is 0 Å². The number of aromatic nitrogens is 3. The molecule has 3 saturated heterocycles. The first-order valence-corrected chi connectivity index (χ1v) is 19.2. The number of carbonyl (C=O) groups is 2. The van der Waals surface area contributed by atoms with Gasteiger partial charge >= 0.3 is 0 Å². The Balaban J connectivity index is 1.14. The number of likely N-dealkylation sites (tertiary alicyclic amines) is 2. The molecule has 3 aromatic carbocycles. The van der Waals surface area contributed by atoms with Gasteiger partial charge in [0.25, 0.3) is 5.91 Å². The van der Waals surface area contributed by atoms with E-state index in [4.69, 9.17) is 44.5 Å². The van der Waals surface area contributed by atoms with E-state index < -0.39 is 0 Å². The molecule has 0 aliphatic carbocycles. The topological polar surface area (TPSA) is 95.5 Å². The van der Waals surface area contributed by atoms with Gasteiger partial charge in [0.05, 0.1) is 49.1 Å². The van der Waals surface area contributed by atoms with Gasteiger partial charge < -0.3 is 24.5 Å². The van der Waals surface area contributed by atoms with Crippen molar-refractivity contribution < 1.29 is 14.3 Å². The first-order valence-electron chi connectivity index (χ1n) is 18.1. The molecule has 2 amide bonds. The zero-order valence-corrected chi connectivity index (χ0v) is 31.2. The molecule has 52 heavy (non-hydrogen) atoms. The zero-order chi connectivity index (χ0) is 35.9. The summed E-state index contributed by atoms with van der Waals surface area (Å²) in [6, 6.07) is 21.0. The van der Waals surface area contributed by atoms with Crippen molar-refractivity contribution in [2.75, 3.05) is 32.8 Å². The van der Waals surface area contributed by atoms with Crippen LogP contribution in [0.5, 0.6) is 0 Å². The minimum Gasteiger partial charge on any atom is -0.378 e. The fourth-order valence-corrected chi connectivity index (χ4v) is 9.05. The summed E-state index contributed by atoms with van der Waals surface area (Å²) in [5.74, 6) is 0.0532. The highest BCUT2D eigenvalue weighted by Gasteiger charge is 2.39. The number of hydrogen-bond donors (Lipinski definition) is 2. The molecule has 2 N–H and O–H groups in total. The molecular formula is C40H41Cl3N6O3. The zero-order valence-electron chi connectivity index (χ0n) is 29.0. The van der Waals surface area contributed by atoms with E-state index in [9.17, 15) is 9.59 Å². The van der Waals surface area contributed by atoms with Crippen molar-refractivity contribution in [2.24, 2.45) is 0 Å². The summed E-state index contributed by atoms with van der Waals surface area (Å²) in [6.45, 7) is 5.60. The lowest BCUT2D eigenvalue weighted by Gasteiger charge is -2.42. The molecule has 3 atom stereocenters. The third kappa shape index (κ3) is 6.74. The van der Waals surface area contributed by atoms with Crippen LogP contribution in [-0.2, 0) is 9.53 Å². The van der Waals surface area contributed by atoms with Crippen molar-refractivity contribution >= 4 is 57.5 Å². The molecule has 8 rings (SSSR count). The Morgan fingerprint density at radius 2 is 1.73 bits per heavy atom. The number of piperidine rings is 2. The highest BCUT2D eigenvalue weighted by molar-refractivity contribution is 6.35. The van der Waals surface area contributed by atoms with Gasteiger partial charge in [0.1, 0.15) is 5.69 Å². The van der Waals surface area contributed by atoms with Crippen LogP contribution in [0.15, 0.2) is 73.1 Å². The van der Waals surface area contributed by atoms with E-state index in [-0.39, 0.29) is 36.0 Å². The van der Waals surface area contributed by atoms with Crippen LogP contribution >= 0.6 is 34.8 Å². The smallest absolute Gasteiger partial charge is 0.268 e. The van der Waals surface area contributed by atoms with Crippen molar-refractivity contribution in [3.8, 4) is 22.5 Å². The number of carbonyl (C=O) groups excluding carboxylic acids is 2. The Morgan fingerprint density at radius 3 is 2.50 bits per heavy atom. The molecule has 270 valence electrons. The highest BCUT2D eigenvalue weighted by atomic mass is 35.5. The largest absolute Gasteiger partial charge is 0.378 e. The summed E-state index contributed by atoms with van der Waals surface area (Å²) in [5.41, 5.74) is 5.18. The number of hydrogen-bond acceptors (Lipinski definition) is 5. The minimum absolute atomic E-state index is 0.0294. The van der Waals surface area contributed by atoms with Gasteiger partial charge in [-0.1, -0.05) is 77.3 Å². The number of amides is 2. The van der Waals surface area contributed by atoms with Crippen molar-refractivity contribution in [1.29, 1.82) is 0 Å². The van der Waals surface area contributed by atoms with Crippen molar-refractivity contribution in [3.05, 3.63) is 99.4 Å². The number of H-pyrrole nitrogens is 1. The second kappa shape index (κ2) is 14.9. The van der Waals surface area contributed by atoms with Gasteiger partial charge in [0, 0.05) is 69.2 Å². The summed E-state index contributed by atoms with van der Waals surface area (Å²) in [7, 11) is 0. The third-order valence-corrected chi connectivity index (χ3v) is 11.8. The van der Waals surface area contributed by atoms with E-state index in [1.165, 1.54) is 0 Å². The molecule has 9 nitrogen and oxygen atoms in total. The lowest BCUT2D eigenvalue weighted by molar-refractivity contribution is -0.137. The van der Waals surface area contributed by atoms with Crippen molar-refractivity contribution in [3.63, 3.8) is 0 Å². The number of fused-ring (bicyclic) bond motifs is 1. The van der Waals surface area contributed by atoms with Gasteiger partial charge in [0.2, 0.25) is 5.91 Å². The number of benzene rings is 3. The Kier molecular flexibility index (Phi) is 10.1. The average Bonchev–Trinajstić information content (AvgIpc) is 3.89. The summed E-state index contributed by atoms with van der Waals surface area (Å²) in [4.78, 5) is 40.2. The summed E-state index contributed by atoms with van der Waals surface area (Å²) >= 11 is 19.5. The monoisotopic (exact) mass is 758 g/mol. The number of ether oxygens (including phenoxy) is 1. The van der Waals surface area contributed by atoms with Crippen LogP contribution in [0.2, 0.25) is 15.1 Å². The summed E-state index contributed by atoms with van der Waals surface area (Å²) in [6.07, 6.45) is 6.40. The van der Waals surface area contributed by atoms with Gasteiger partial charge in [-0.2, -0.15) is 0 Å². The molecule has 3 aliphatic rings. The number of rotatable bonds is 8. The second-order valence-corrected chi connectivity index (χ2v) is 15.4. The number of aromatic amines is 1. The van der Waals surface area contributed by atoms with E-state index in [1.807, 2.05) is 67.0 Å². The summed E-state index contributed by atoms with van der Waals surface area (Å²) in [5, 5.41) is 5.86. The molecule has 5 aromatic rings. The standard InChI is InChI=1S/C40H41Cl3N6O3/c1-24(29-12-10-26(41)19-31(29)43)49-23-44-37(25-7-3-2-4-8-25)39(49)36-30-13-11-27(42)20-32(30)45-38(36)40(51)46-33-21-52-22-34(33)47-17-14-28(15-18-47)48-16-6-5-9-35(48)50/h2-4,7-8,10-13,19-20,23-24,28,33-34,45H,5-6,9,14-18,21-22H2,1H3,(H,46,51)/t24-,33+,34+/m0/s1. The second-order valence-electron chi connectivity index (χ2n) is 14.1. The van der Waals surface area contributed by atoms with Crippen LogP contribution in [0, 0.1) is 0 Å². The Hall–Kier alpha value is -3.86. The van der Waals surface area contributed by atoms with Gasteiger partial charge in [0.15, 0.2) is 0 Å². The summed E-state index contributed by atoms with van der Waals surface area (Å²) < 4.78 is 8.08. The molecule has 5 heterocycles. The van der Waals surface area contributed by atoms with Gasteiger partial charge in [-0.3, -0.25) is 14.5 Å². The minimum atomic E-state index is -0.256. The molecule has 0 spiro atoms. The van der Waals surface area contributed by atoms with Crippen LogP contribution in [0.1, 0.15) is 61.1 Å². The Morgan fingerprint density at radius 1 is 0.962 bits per heavy atom. The SMILES string of the molecule is C[C@@H](c1ccc(Cl)cc1Cl)n1cnc(-c2ccccc2)c1-c1c(C(=O)N[C@@H]2COC[C@H]2N2CCC(N3CCCCC3=O)CC2)[nH]c2cc(Cl)ccc12. The number of imidazole rings is 1. The van der Waals surface area contributed by atoms with E-state index in [0.717, 1.165) is 84.3 Å². The van der Waals surface area contributed by atoms with Crippen molar-refractivity contribution in [1.82, 2.24) is 29.7 Å². The Bertz CT molecular complexity index is 2110. The van der Waals surface area contributed by atoms with E-state index in [2.05, 4.69) is 31.6 Å². The number of nitrogens with zero attached hydrogens (tertiary/aromatic N) is 4. The van der Waals surface area contributed by atoms with Crippen LogP contribution in [-0.4, -0.2) is 87.1 Å². The highest BCUT2D eigenvalue weighted by Crippen LogP contribution is 2.42. The lowest BCUT2D eigenvalue weighted by atomic mass is 9.97. The van der Waals surface area contributed by atoms with E-state index in [1.54, 1.807) is 6.07 Å². The fraction of sp³-hybridized carbons (Fsp3) is 0.375. The number of halogens is 3. The third-order valence-electron chi connectivity index (χ3n) is 11.0. The lowest BCUT2D eigenvalue weighted by Crippen LogP contribution is -2.56. The predicted molar refractivity (Wildman–Crippen MR) is 206 cm³/mol. The van der Waals surface area contributed by atoms with Gasteiger partial charge in [-0.25, -0.2) is 4.98 Å². The molecule has 2 aromatic heterocycles. The maximum Gasteiger partial charge on any atom is 0.268 e. The Labute approximate surface area is 318 Å². The van der Waals surface area contributed by atoms with Crippen LogP contribution < -0.4 is 5.32 Å². The van der Waals surface area contributed by atoms with E-state index in [0.29, 0.717) is 40.4 Å². The molecule has 0 unspecified atom stereocenters. The van der Waals surface area contributed by atoms with Crippen molar-refractivity contribution in [2.45, 2.75) is 63.2 Å². The molecule has 12 heteroatoms. The fourth-order valence-electron chi connectivity index (χ4n) is 8.31. The molecule has 0 bridgehead atoms. The molecule has 3 fully saturated rings. The molecule has 3 aliphatic heterocycles. The quantitative estimate of drug-likeness (QED) is 0.166. The maximum atomic E-state index is 14.6. The predicted octanol–water partition coefficient (Wildman–Crippen LogP) is 8.24. The first-order chi connectivity index (χ1) is 25.3. The van der Waals surface area contributed by atoms with Crippen LogP contribution in [0.4, 0.5) is 0 Å². The normalized spacial score (nSPS) is 20.8.